The number of likely N-dealkylation sites (N-methyl/N-ethyl adjacent to an activating group) is 2. The molecular formula is C15H20FN3. The molecule has 0 bridgehead atoms. The summed E-state index contributed by atoms with van der Waals surface area (Å²) in [5.41, 5.74) is 1.33. The fourth-order valence-electron chi connectivity index (χ4n) is 2.72. The summed E-state index contributed by atoms with van der Waals surface area (Å²) >= 11 is 0. The molecule has 1 aromatic rings. The van der Waals surface area contributed by atoms with E-state index < -0.39 is 0 Å². The molecule has 1 aromatic carbocycles. The van der Waals surface area contributed by atoms with Crippen molar-refractivity contribution in [3.63, 3.8) is 0 Å². The van der Waals surface area contributed by atoms with E-state index in [4.69, 9.17) is 5.26 Å². The predicted octanol–water partition coefficient (Wildman–Crippen LogP) is 2.62. The minimum Gasteiger partial charge on any atom is -0.373 e. The first-order chi connectivity index (χ1) is 8.97. The first kappa shape index (κ1) is 13.8. The van der Waals surface area contributed by atoms with E-state index in [0.29, 0.717) is 5.56 Å². The lowest BCUT2D eigenvalue weighted by Crippen LogP contribution is -2.56. The van der Waals surface area contributed by atoms with Gasteiger partial charge in [0, 0.05) is 24.8 Å². The summed E-state index contributed by atoms with van der Waals surface area (Å²) in [6.45, 7) is 0.855. The molecule has 4 heteroatoms. The summed E-state index contributed by atoms with van der Waals surface area (Å²) in [5.74, 6) is -0.353. The molecular weight excluding hydrogens is 241 g/mol. The lowest BCUT2D eigenvalue weighted by atomic mass is 9.75. The van der Waals surface area contributed by atoms with E-state index >= 15 is 0 Å². The molecule has 19 heavy (non-hydrogen) atoms. The van der Waals surface area contributed by atoms with Gasteiger partial charge in [0.15, 0.2) is 0 Å². The topological polar surface area (TPSA) is 30.3 Å². The Labute approximate surface area is 114 Å². The number of halogens is 1. The lowest BCUT2D eigenvalue weighted by Gasteiger charge is -2.49. The zero-order chi connectivity index (χ0) is 14.0. The minimum atomic E-state index is -0.353. The number of nitrogens with zero attached hydrogens (tertiary/aromatic N) is 3. The van der Waals surface area contributed by atoms with Crippen LogP contribution in [0.25, 0.3) is 0 Å². The highest BCUT2D eigenvalue weighted by molar-refractivity contribution is 5.51. The Morgan fingerprint density at radius 2 is 1.95 bits per heavy atom. The molecule has 1 fully saturated rings. The van der Waals surface area contributed by atoms with Crippen molar-refractivity contribution in [1.82, 2.24) is 4.90 Å². The van der Waals surface area contributed by atoms with Crippen LogP contribution in [0, 0.1) is 17.1 Å². The van der Waals surface area contributed by atoms with Gasteiger partial charge in [0.1, 0.15) is 5.82 Å². The lowest BCUT2D eigenvalue weighted by molar-refractivity contribution is 0.0683. The average Bonchev–Trinajstić information content (AvgIpc) is 2.32. The first-order valence-electron chi connectivity index (χ1n) is 6.56. The average molecular weight is 261 g/mol. The third kappa shape index (κ3) is 2.71. The number of rotatable bonds is 4. The molecule has 3 nitrogen and oxygen atoms in total. The van der Waals surface area contributed by atoms with E-state index in [1.54, 1.807) is 6.07 Å². The van der Waals surface area contributed by atoms with E-state index in [1.807, 2.05) is 18.0 Å². The third-order valence-electron chi connectivity index (χ3n) is 4.22. The minimum absolute atomic E-state index is 0.188. The van der Waals surface area contributed by atoms with E-state index in [-0.39, 0.29) is 11.4 Å². The Morgan fingerprint density at radius 1 is 1.26 bits per heavy atom. The maximum Gasteiger partial charge on any atom is 0.126 e. The van der Waals surface area contributed by atoms with Crippen LogP contribution >= 0.6 is 0 Å². The smallest absolute Gasteiger partial charge is 0.126 e. The molecule has 2 rings (SSSR count). The number of nitriles is 1. The van der Waals surface area contributed by atoms with Crippen LogP contribution in [0.1, 0.15) is 24.8 Å². The summed E-state index contributed by atoms with van der Waals surface area (Å²) in [5, 5.41) is 8.90. The maximum atomic E-state index is 13.5. The molecule has 0 unspecified atom stereocenters. The first-order valence-corrected chi connectivity index (χ1v) is 6.56. The van der Waals surface area contributed by atoms with Gasteiger partial charge in [-0.3, -0.25) is 0 Å². The Bertz CT molecular complexity index is 501. The monoisotopic (exact) mass is 261 g/mol. The highest BCUT2D eigenvalue weighted by Crippen LogP contribution is 2.37. The molecule has 1 aliphatic rings. The Kier molecular flexibility index (Phi) is 3.77. The molecule has 0 heterocycles. The van der Waals surface area contributed by atoms with Gasteiger partial charge in [-0.15, -0.1) is 0 Å². The summed E-state index contributed by atoms with van der Waals surface area (Å²) in [6, 6.07) is 6.50. The summed E-state index contributed by atoms with van der Waals surface area (Å²) in [6.07, 6.45) is 3.59. The van der Waals surface area contributed by atoms with E-state index in [0.717, 1.165) is 12.2 Å². The van der Waals surface area contributed by atoms with Gasteiger partial charge < -0.3 is 9.80 Å². The van der Waals surface area contributed by atoms with Crippen LogP contribution in [-0.2, 0) is 0 Å². The summed E-state index contributed by atoms with van der Waals surface area (Å²) in [7, 11) is 6.15. The maximum absolute atomic E-state index is 13.5. The quantitative estimate of drug-likeness (QED) is 0.834. The third-order valence-corrected chi connectivity index (χ3v) is 4.22. The van der Waals surface area contributed by atoms with Crippen LogP contribution in [0.15, 0.2) is 18.2 Å². The van der Waals surface area contributed by atoms with Crippen molar-refractivity contribution in [2.75, 3.05) is 32.6 Å². The predicted molar refractivity (Wildman–Crippen MR) is 74.7 cm³/mol. The molecule has 1 aliphatic carbocycles. The molecule has 0 aliphatic heterocycles. The second kappa shape index (κ2) is 5.18. The number of benzene rings is 1. The van der Waals surface area contributed by atoms with Gasteiger partial charge >= 0.3 is 0 Å². The van der Waals surface area contributed by atoms with Crippen LogP contribution in [-0.4, -0.2) is 38.1 Å². The van der Waals surface area contributed by atoms with Crippen molar-refractivity contribution in [3.8, 4) is 6.07 Å². The van der Waals surface area contributed by atoms with Crippen molar-refractivity contribution >= 4 is 5.69 Å². The van der Waals surface area contributed by atoms with Gasteiger partial charge in [0.2, 0.25) is 0 Å². The fraction of sp³-hybridized carbons (Fsp3) is 0.533. The van der Waals surface area contributed by atoms with E-state index in [9.17, 15) is 4.39 Å². The standard InChI is InChI=1S/C15H20FN3/c1-18(2)15(5-4-6-15)11-19(3)14-8-12(10-17)7-13(16)9-14/h7-9H,4-6,11H2,1-3H3. The van der Waals surface area contributed by atoms with E-state index in [2.05, 4.69) is 19.0 Å². The molecule has 0 N–H and O–H groups in total. The highest BCUT2D eigenvalue weighted by atomic mass is 19.1. The SMILES string of the molecule is CN(CC1(N(C)C)CCC1)c1cc(F)cc(C#N)c1. The van der Waals surface area contributed by atoms with Crippen molar-refractivity contribution < 1.29 is 4.39 Å². The van der Waals surface area contributed by atoms with Gasteiger partial charge in [-0.2, -0.15) is 5.26 Å². The molecule has 0 spiro atoms. The Morgan fingerprint density at radius 3 is 2.42 bits per heavy atom. The van der Waals surface area contributed by atoms with Crippen LogP contribution < -0.4 is 4.90 Å². The van der Waals surface area contributed by atoms with Crippen molar-refractivity contribution in [2.24, 2.45) is 0 Å². The number of hydrogen-bond donors (Lipinski definition) is 0. The fourth-order valence-corrected chi connectivity index (χ4v) is 2.72. The molecule has 0 amide bonds. The molecule has 0 atom stereocenters. The summed E-state index contributed by atoms with van der Waals surface area (Å²) < 4.78 is 13.5. The van der Waals surface area contributed by atoms with E-state index in [1.165, 1.54) is 31.4 Å². The number of anilines is 1. The molecule has 1 saturated carbocycles. The van der Waals surface area contributed by atoms with Gasteiger partial charge in [-0.25, -0.2) is 4.39 Å². The van der Waals surface area contributed by atoms with Crippen LogP contribution in [0.4, 0.5) is 10.1 Å². The van der Waals surface area contributed by atoms with Gasteiger partial charge in [-0.05, 0) is 51.6 Å². The summed E-state index contributed by atoms with van der Waals surface area (Å²) in [4.78, 5) is 4.31. The zero-order valence-electron chi connectivity index (χ0n) is 11.8. The zero-order valence-corrected chi connectivity index (χ0v) is 11.8. The molecule has 0 saturated heterocycles. The van der Waals surface area contributed by atoms with Gasteiger partial charge in [0.25, 0.3) is 0 Å². The van der Waals surface area contributed by atoms with Gasteiger partial charge in [-0.1, -0.05) is 0 Å². The van der Waals surface area contributed by atoms with Crippen molar-refractivity contribution in [3.05, 3.63) is 29.6 Å². The Hall–Kier alpha value is -1.60. The largest absolute Gasteiger partial charge is 0.373 e. The Balaban J connectivity index is 2.18. The highest BCUT2D eigenvalue weighted by Gasteiger charge is 2.39. The second-order valence-corrected chi connectivity index (χ2v) is 5.64. The van der Waals surface area contributed by atoms with Crippen LogP contribution in [0.5, 0.6) is 0 Å². The molecule has 102 valence electrons. The normalized spacial score (nSPS) is 16.8. The molecule has 0 radical (unpaired) electrons. The van der Waals surface area contributed by atoms with Crippen LogP contribution in [0.2, 0.25) is 0 Å². The second-order valence-electron chi connectivity index (χ2n) is 5.64. The molecule has 0 aromatic heterocycles. The number of hydrogen-bond acceptors (Lipinski definition) is 3. The van der Waals surface area contributed by atoms with Gasteiger partial charge in [0.05, 0.1) is 11.6 Å². The van der Waals surface area contributed by atoms with Crippen molar-refractivity contribution in [1.29, 1.82) is 5.26 Å². The van der Waals surface area contributed by atoms with Crippen molar-refractivity contribution in [2.45, 2.75) is 24.8 Å². The van der Waals surface area contributed by atoms with Crippen LogP contribution in [0.3, 0.4) is 0 Å².